The molecule has 9 nitrogen and oxygen atoms in total. The van der Waals surface area contributed by atoms with Gasteiger partial charge in [0.2, 0.25) is 0 Å². The third-order valence-corrected chi connectivity index (χ3v) is 7.12. The van der Waals surface area contributed by atoms with Gasteiger partial charge in [0, 0.05) is 52.5 Å². The highest BCUT2D eigenvalue weighted by molar-refractivity contribution is 7.08. The lowest BCUT2D eigenvalue weighted by Crippen LogP contribution is -2.43. The standard InChI is InChI=1S/C26H29N5O4S/c1-26(2,3)29(4)25(33)23-20-14-35-22-11-21(34-5)18(16-12-27-30(13-16)7-8-32)10-19(22)24(20)31(28-23)17-6-9-36-15-17/h6,9-13,15,32H,7-8,14H2,1-5H3. The first-order valence-corrected chi connectivity index (χ1v) is 12.6. The van der Waals surface area contributed by atoms with Crippen LogP contribution in [0.1, 0.15) is 36.8 Å². The van der Waals surface area contributed by atoms with Gasteiger partial charge in [-0.25, -0.2) is 4.68 Å². The second-order valence-corrected chi connectivity index (χ2v) is 10.4. The van der Waals surface area contributed by atoms with E-state index in [0.717, 1.165) is 33.6 Å². The van der Waals surface area contributed by atoms with E-state index < -0.39 is 0 Å². The third-order valence-electron chi connectivity index (χ3n) is 6.45. The Balaban J connectivity index is 1.71. The van der Waals surface area contributed by atoms with Crippen LogP contribution in [0.5, 0.6) is 11.5 Å². The van der Waals surface area contributed by atoms with Crippen molar-refractivity contribution in [1.29, 1.82) is 0 Å². The summed E-state index contributed by atoms with van der Waals surface area (Å²) in [5.41, 5.74) is 4.98. The van der Waals surface area contributed by atoms with E-state index in [1.165, 1.54) is 0 Å². The van der Waals surface area contributed by atoms with Gasteiger partial charge in [-0.1, -0.05) is 0 Å². The van der Waals surface area contributed by atoms with E-state index in [2.05, 4.69) is 5.10 Å². The number of carbonyl (C=O) groups is 1. The number of aromatic nitrogens is 4. The van der Waals surface area contributed by atoms with Crippen molar-refractivity contribution in [1.82, 2.24) is 24.5 Å². The summed E-state index contributed by atoms with van der Waals surface area (Å²) >= 11 is 1.57. The number of thiophene rings is 1. The number of amides is 1. The summed E-state index contributed by atoms with van der Waals surface area (Å²) in [5, 5.41) is 22.4. The summed E-state index contributed by atoms with van der Waals surface area (Å²) in [6.45, 7) is 6.61. The molecule has 5 rings (SSSR count). The van der Waals surface area contributed by atoms with Crippen molar-refractivity contribution in [3.63, 3.8) is 0 Å². The molecule has 36 heavy (non-hydrogen) atoms. The van der Waals surface area contributed by atoms with Gasteiger partial charge in [0.05, 0.1) is 37.8 Å². The summed E-state index contributed by atoms with van der Waals surface area (Å²) in [4.78, 5) is 15.3. The van der Waals surface area contributed by atoms with Crippen LogP contribution in [-0.2, 0) is 13.2 Å². The van der Waals surface area contributed by atoms with Gasteiger partial charge in [-0.2, -0.15) is 21.5 Å². The van der Waals surface area contributed by atoms with E-state index >= 15 is 0 Å². The molecular formula is C26H29N5O4S. The van der Waals surface area contributed by atoms with Gasteiger partial charge in [-0.3, -0.25) is 9.48 Å². The number of aliphatic hydroxyl groups is 1. The summed E-state index contributed by atoms with van der Waals surface area (Å²) in [6, 6.07) is 5.85. The van der Waals surface area contributed by atoms with Gasteiger partial charge < -0.3 is 19.5 Å². The summed E-state index contributed by atoms with van der Waals surface area (Å²) in [6.07, 6.45) is 3.61. The van der Waals surface area contributed by atoms with Crippen LogP contribution >= 0.6 is 11.3 Å². The number of methoxy groups -OCH3 is 1. The molecule has 0 radical (unpaired) electrons. The number of fused-ring (bicyclic) bond motifs is 3. The smallest absolute Gasteiger partial charge is 0.274 e. The van der Waals surface area contributed by atoms with Crippen molar-refractivity contribution in [2.24, 2.45) is 0 Å². The molecule has 10 heteroatoms. The first kappa shape index (κ1) is 24.1. The lowest BCUT2D eigenvalue weighted by molar-refractivity contribution is 0.0646. The highest BCUT2D eigenvalue weighted by Gasteiger charge is 2.34. The normalized spacial score (nSPS) is 12.6. The van der Waals surface area contributed by atoms with Crippen molar-refractivity contribution in [2.45, 2.75) is 39.5 Å². The highest BCUT2D eigenvalue weighted by Crippen LogP contribution is 2.46. The second-order valence-electron chi connectivity index (χ2n) is 9.66. The molecule has 0 saturated heterocycles. The Bertz CT molecular complexity index is 1410. The largest absolute Gasteiger partial charge is 0.496 e. The fourth-order valence-electron chi connectivity index (χ4n) is 4.20. The average molecular weight is 508 g/mol. The van der Waals surface area contributed by atoms with Crippen LogP contribution in [0.3, 0.4) is 0 Å². The van der Waals surface area contributed by atoms with Crippen LogP contribution in [0.2, 0.25) is 0 Å². The average Bonchev–Trinajstić information content (AvgIpc) is 3.61. The topological polar surface area (TPSA) is 94.6 Å². The molecular weight excluding hydrogens is 478 g/mol. The van der Waals surface area contributed by atoms with Crippen LogP contribution < -0.4 is 9.47 Å². The van der Waals surface area contributed by atoms with Gasteiger partial charge in [0.1, 0.15) is 18.1 Å². The Labute approximate surface area is 213 Å². The maximum atomic E-state index is 13.6. The number of benzene rings is 1. The molecule has 0 unspecified atom stereocenters. The van der Waals surface area contributed by atoms with E-state index in [4.69, 9.17) is 14.6 Å². The number of hydrogen-bond acceptors (Lipinski definition) is 7. The number of hydrogen-bond donors (Lipinski definition) is 1. The van der Waals surface area contributed by atoms with Crippen molar-refractivity contribution >= 4 is 17.2 Å². The second kappa shape index (κ2) is 9.11. The number of carbonyl (C=O) groups excluding carboxylic acids is 1. The fourth-order valence-corrected chi connectivity index (χ4v) is 4.82. The minimum absolute atomic E-state index is 0.000708. The van der Waals surface area contributed by atoms with Gasteiger partial charge in [-0.05, 0) is 38.3 Å². The molecule has 1 aliphatic heterocycles. The first-order valence-electron chi connectivity index (χ1n) is 11.6. The van der Waals surface area contributed by atoms with Crippen molar-refractivity contribution in [2.75, 3.05) is 20.8 Å². The maximum absolute atomic E-state index is 13.6. The first-order chi connectivity index (χ1) is 17.2. The lowest BCUT2D eigenvalue weighted by atomic mass is 9.96. The van der Waals surface area contributed by atoms with Crippen molar-refractivity contribution < 1.29 is 19.4 Å². The Morgan fingerprint density at radius 3 is 2.78 bits per heavy atom. The maximum Gasteiger partial charge on any atom is 0.274 e. The zero-order valence-electron chi connectivity index (χ0n) is 21.0. The molecule has 0 spiro atoms. The molecule has 4 aromatic rings. The van der Waals surface area contributed by atoms with Crippen LogP contribution in [0, 0.1) is 0 Å². The quantitative estimate of drug-likeness (QED) is 0.420. The zero-order chi connectivity index (χ0) is 25.6. The zero-order valence-corrected chi connectivity index (χ0v) is 21.8. The van der Waals surface area contributed by atoms with E-state index in [1.807, 2.05) is 60.6 Å². The summed E-state index contributed by atoms with van der Waals surface area (Å²) in [7, 11) is 3.41. The van der Waals surface area contributed by atoms with Crippen molar-refractivity contribution in [3.05, 3.63) is 52.6 Å². The fraction of sp³-hybridized carbons (Fsp3) is 0.346. The predicted molar refractivity (Wildman–Crippen MR) is 138 cm³/mol. The number of ether oxygens (including phenoxy) is 2. The minimum atomic E-state index is -0.362. The summed E-state index contributed by atoms with van der Waals surface area (Å²) in [5.74, 6) is 1.15. The van der Waals surface area contributed by atoms with E-state index in [0.29, 0.717) is 23.7 Å². The highest BCUT2D eigenvalue weighted by atomic mass is 32.1. The van der Waals surface area contributed by atoms with Crippen molar-refractivity contribution in [3.8, 4) is 39.6 Å². The van der Waals surface area contributed by atoms with Crippen LogP contribution in [0.4, 0.5) is 0 Å². The SMILES string of the molecule is COc1cc2c(cc1-c1cnn(CCO)c1)-c1c(c(C(=O)N(C)C(C)(C)C)nn1-c1ccsc1)CO2. The van der Waals surface area contributed by atoms with Gasteiger partial charge in [0.25, 0.3) is 5.91 Å². The Morgan fingerprint density at radius 2 is 2.11 bits per heavy atom. The number of aliphatic hydroxyl groups excluding tert-OH is 1. The molecule has 1 aromatic carbocycles. The Morgan fingerprint density at radius 1 is 1.31 bits per heavy atom. The third kappa shape index (κ3) is 4.06. The Hall–Kier alpha value is -3.63. The molecule has 4 heterocycles. The molecule has 0 fully saturated rings. The molecule has 1 aliphatic rings. The molecule has 0 atom stereocenters. The lowest BCUT2D eigenvalue weighted by Gasteiger charge is -2.31. The van der Waals surface area contributed by atoms with Gasteiger partial charge in [0.15, 0.2) is 5.69 Å². The van der Waals surface area contributed by atoms with Crippen LogP contribution in [-0.4, -0.2) is 61.8 Å². The molecule has 0 bridgehead atoms. The van der Waals surface area contributed by atoms with E-state index in [-0.39, 0.29) is 24.7 Å². The monoisotopic (exact) mass is 507 g/mol. The summed E-state index contributed by atoms with van der Waals surface area (Å²) < 4.78 is 15.4. The predicted octanol–water partition coefficient (Wildman–Crippen LogP) is 4.23. The van der Waals surface area contributed by atoms with Crippen LogP contribution in [0.15, 0.2) is 41.4 Å². The number of nitrogens with zero attached hydrogens (tertiary/aromatic N) is 5. The number of rotatable bonds is 6. The van der Waals surface area contributed by atoms with E-state index in [9.17, 15) is 9.90 Å². The molecule has 188 valence electrons. The molecule has 0 aliphatic carbocycles. The van der Waals surface area contributed by atoms with E-state index in [1.54, 1.807) is 41.3 Å². The molecule has 1 amide bonds. The molecule has 0 saturated carbocycles. The molecule has 1 N–H and O–H groups in total. The Kier molecular flexibility index (Phi) is 6.09. The van der Waals surface area contributed by atoms with Gasteiger partial charge in [-0.15, -0.1) is 0 Å². The molecule has 3 aromatic heterocycles. The van der Waals surface area contributed by atoms with Gasteiger partial charge >= 0.3 is 0 Å². The minimum Gasteiger partial charge on any atom is -0.496 e. The van der Waals surface area contributed by atoms with Crippen LogP contribution in [0.25, 0.3) is 28.1 Å².